The summed E-state index contributed by atoms with van der Waals surface area (Å²) in [5, 5.41) is 5.28. The number of hydrogen-bond donors (Lipinski definition) is 2. The van der Waals surface area contributed by atoms with Gasteiger partial charge in [0, 0.05) is 19.2 Å². The van der Waals surface area contributed by atoms with Gasteiger partial charge < -0.3 is 20.3 Å². The zero-order valence-corrected chi connectivity index (χ0v) is 19.5. The lowest BCUT2D eigenvalue weighted by Crippen LogP contribution is -2.53. The highest BCUT2D eigenvalue weighted by Crippen LogP contribution is 2.35. The van der Waals surface area contributed by atoms with Gasteiger partial charge in [0.25, 0.3) is 0 Å². The molecule has 0 radical (unpaired) electrons. The molecule has 3 atom stereocenters. The summed E-state index contributed by atoms with van der Waals surface area (Å²) in [6, 6.07) is 5.37. The number of carbonyl (C=O) groups is 3. The van der Waals surface area contributed by atoms with E-state index in [0.29, 0.717) is 0 Å². The number of hydrogen-bond acceptors (Lipinski definition) is 4. The van der Waals surface area contributed by atoms with Gasteiger partial charge in [-0.2, -0.15) is 0 Å². The molecule has 0 fully saturated rings. The maximum atomic E-state index is 14.4. The third-order valence-electron chi connectivity index (χ3n) is 5.06. The molecule has 1 heterocycles. The molecule has 0 spiro atoms. The fourth-order valence-corrected chi connectivity index (χ4v) is 3.61. The van der Waals surface area contributed by atoms with E-state index in [4.69, 9.17) is 11.2 Å². The molecule has 174 valence electrons. The minimum Gasteiger partial charge on any atom is -0.444 e. The van der Waals surface area contributed by atoms with E-state index < -0.39 is 41.3 Å². The average molecular weight is 446 g/mol. The monoisotopic (exact) mass is 445 g/mol. The molecule has 0 saturated heterocycles. The van der Waals surface area contributed by atoms with E-state index in [1.807, 2.05) is 18.2 Å². The number of amides is 3. The fraction of sp³-hybridized carbons (Fsp3) is 0.542. The van der Waals surface area contributed by atoms with Crippen LogP contribution in [0.5, 0.6) is 0 Å². The largest absolute Gasteiger partial charge is 0.444 e. The number of nitrogens with zero attached hydrogens (tertiary/aromatic N) is 1. The first kappa shape index (κ1) is 25.2. The van der Waals surface area contributed by atoms with E-state index in [0.717, 1.165) is 11.3 Å². The topological polar surface area (TPSA) is 87.7 Å². The Labute approximate surface area is 189 Å². The van der Waals surface area contributed by atoms with Crippen LogP contribution in [0.1, 0.15) is 58.9 Å². The summed E-state index contributed by atoms with van der Waals surface area (Å²) in [6.07, 6.45) is 4.81. The Morgan fingerprint density at radius 2 is 1.91 bits per heavy atom. The number of carbonyl (C=O) groups excluding carboxylic acids is 3. The minimum absolute atomic E-state index is 0.194. The summed E-state index contributed by atoms with van der Waals surface area (Å²) in [4.78, 5) is 39.2. The second-order valence-corrected chi connectivity index (χ2v) is 9.62. The SMILES string of the molecule is C#C[C@H](C[C@H]1C(=O)Nc2ccccc21)N(C)C(=O)[C@H](CC(C)(C)F)NC(=O)OC(C)(C)C. The first-order valence-corrected chi connectivity index (χ1v) is 10.5. The van der Waals surface area contributed by atoms with Crippen molar-refractivity contribution in [3.05, 3.63) is 29.8 Å². The number of alkyl halides is 1. The van der Waals surface area contributed by atoms with Crippen molar-refractivity contribution in [1.82, 2.24) is 10.2 Å². The molecule has 7 nitrogen and oxygen atoms in total. The molecule has 0 saturated carbocycles. The van der Waals surface area contributed by atoms with Crippen LogP contribution in [0.25, 0.3) is 0 Å². The second-order valence-electron chi connectivity index (χ2n) is 9.62. The van der Waals surface area contributed by atoms with Gasteiger partial charge in [-0.3, -0.25) is 9.59 Å². The summed E-state index contributed by atoms with van der Waals surface area (Å²) in [5.41, 5.74) is -0.978. The first-order chi connectivity index (χ1) is 14.7. The Balaban J connectivity index is 2.19. The summed E-state index contributed by atoms with van der Waals surface area (Å²) in [5.74, 6) is 1.29. The lowest BCUT2D eigenvalue weighted by atomic mass is 9.92. The number of ether oxygens (including phenoxy) is 1. The van der Waals surface area contributed by atoms with Gasteiger partial charge in [0.2, 0.25) is 11.8 Å². The van der Waals surface area contributed by atoms with Gasteiger partial charge in [0.05, 0.1) is 12.0 Å². The molecule has 32 heavy (non-hydrogen) atoms. The van der Waals surface area contributed by atoms with Crippen LogP contribution < -0.4 is 10.6 Å². The molecule has 3 amide bonds. The van der Waals surface area contributed by atoms with Crippen molar-refractivity contribution in [3.8, 4) is 12.3 Å². The molecule has 1 aromatic rings. The van der Waals surface area contributed by atoms with Gasteiger partial charge in [0.1, 0.15) is 17.3 Å². The molecule has 1 aliphatic rings. The van der Waals surface area contributed by atoms with Crippen LogP contribution in [0, 0.1) is 12.3 Å². The first-order valence-electron chi connectivity index (χ1n) is 10.5. The summed E-state index contributed by atoms with van der Waals surface area (Å²) < 4.78 is 19.6. The number of benzene rings is 1. The second kappa shape index (κ2) is 9.60. The highest BCUT2D eigenvalue weighted by atomic mass is 19.1. The van der Waals surface area contributed by atoms with E-state index in [9.17, 15) is 18.8 Å². The van der Waals surface area contributed by atoms with Gasteiger partial charge >= 0.3 is 6.09 Å². The number of para-hydroxylation sites is 1. The average Bonchev–Trinajstić information content (AvgIpc) is 2.96. The lowest BCUT2D eigenvalue weighted by Gasteiger charge is -2.32. The molecular weight excluding hydrogens is 413 g/mol. The molecule has 2 rings (SSSR count). The molecule has 0 aliphatic carbocycles. The third-order valence-corrected chi connectivity index (χ3v) is 5.06. The zero-order chi connectivity index (χ0) is 24.3. The fourth-order valence-electron chi connectivity index (χ4n) is 3.61. The summed E-state index contributed by atoms with van der Waals surface area (Å²) in [7, 11) is 1.49. The number of fused-ring (bicyclic) bond motifs is 1. The molecule has 0 bridgehead atoms. The van der Waals surface area contributed by atoms with Gasteiger partial charge in [-0.05, 0) is 52.7 Å². The normalized spacial score (nSPS) is 17.4. The van der Waals surface area contributed by atoms with E-state index in [-0.39, 0.29) is 18.7 Å². The number of terminal acetylenes is 1. The van der Waals surface area contributed by atoms with Crippen molar-refractivity contribution in [3.63, 3.8) is 0 Å². The number of anilines is 1. The number of halogens is 1. The molecule has 2 N–H and O–H groups in total. The lowest BCUT2D eigenvalue weighted by molar-refractivity contribution is -0.134. The number of rotatable bonds is 7. The molecule has 1 aliphatic heterocycles. The Kier molecular flexibility index (Phi) is 7.55. The van der Waals surface area contributed by atoms with Crippen LogP contribution >= 0.6 is 0 Å². The van der Waals surface area contributed by atoms with E-state index >= 15 is 0 Å². The highest BCUT2D eigenvalue weighted by Gasteiger charge is 2.37. The van der Waals surface area contributed by atoms with Crippen molar-refractivity contribution < 1.29 is 23.5 Å². The van der Waals surface area contributed by atoms with Crippen LogP contribution in [0.3, 0.4) is 0 Å². The number of nitrogens with one attached hydrogen (secondary N) is 2. The van der Waals surface area contributed by atoms with E-state index in [2.05, 4.69) is 16.6 Å². The molecule has 8 heteroatoms. The van der Waals surface area contributed by atoms with Crippen LogP contribution in [-0.4, -0.2) is 53.2 Å². The van der Waals surface area contributed by atoms with Crippen molar-refractivity contribution >= 4 is 23.6 Å². The maximum Gasteiger partial charge on any atom is 0.408 e. The number of alkyl carbamates (subject to hydrolysis) is 1. The van der Waals surface area contributed by atoms with Crippen molar-refractivity contribution in [1.29, 1.82) is 0 Å². The Morgan fingerprint density at radius 1 is 1.28 bits per heavy atom. The quantitative estimate of drug-likeness (QED) is 0.628. The standard InChI is InChI=1S/C24H32FN3O4/c1-8-15(13-17-16-11-9-10-12-18(16)26-20(17)29)28(7)21(30)19(14-24(5,6)25)27-22(31)32-23(2,3)4/h1,9-12,15,17,19H,13-14H2,2-7H3,(H,26,29)(H,27,31)/t15-,17-,19+/m1/s1. The van der Waals surface area contributed by atoms with Gasteiger partial charge in [0.15, 0.2) is 0 Å². The zero-order valence-electron chi connectivity index (χ0n) is 19.5. The summed E-state index contributed by atoms with van der Waals surface area (Å²) in [6.45, 7) is 7.71. The van der Waals surface area contributed by atoms with Crippen LogP contribution in [0.4, 0.5) is 14.9 Å². The van der Waals surface area contributed by atoms with Crippen LogP contribution in [0.2, 0.25) is 0 Å². The maximum absolute atomic E-state index is 14.4. The third kappa shape index (κ3) is 6.71. The van der Waals surface area contributed by atoms with Crippen molar-refractivity contribution in [2.45, 2.75) is 76.7 Å². The number of likely N-dealkylation sites (N-methyl/N-ethyl adjacent to an activating group) is 1. The molecule has 1 aromatic carbocycles. The van der Waals surface area contributed by atoms with Crippen molar-refractivity contribution in [2.24, 2.45) is 0 Å². The van der Waals surface area contributed by atoms with Gasteiger partial charge in [-0.25, -0.2) is 9.18 Å². The Hall–Kier alpha value is -3.08. The Bertz CT molecular complexity index is 911. The predicted octanol–water partition coefficient (Wildman–Crippen LogP) is 3.60. The molecule has 0 aromatic heterocycles. The Morgan fingerprint density at radius 3 is 2.47 bits per heavy atom. The van der Waals surface area contributed by atoms with Crippen molar-refractivity contribution in [2.75, 3.05) is 12.4 Å². The smallest absolute Gasteiger partial charge is 0.408 e. The highest BCUT2D eigenvalue weighted by molar-refractivity contribution is 6.03. The molecular formula is C24H32FN3O4. The minimum atomic E-state index is -1.73. The summed E-state index contributed by atoms with van der Waals surface area (Å²) >= 11 is 0. The van der Waals surface area contributed by atoms with E-state index in [1.54, 1.807) is 26.8 Å². The van der Waals surface area contributed by atoms with Crippen LogP contribution in [0.15, 0.2) is 24.3 Å². The van der Waals surface area contributed by atoms with Gasteiger partial charge in [-0.15, -0.1) is 6.42 Å². The van der Waals surface area contributed by atoms with E-state index in [1.165, 1.54) is 25.8 Å². The molecule has 0 unspecified atom stereocenters. The predicted molar refractivity (Wildman–Crippen MR) is 121 cm³/mol. The van der Waals surface area contributed by atoms with Gasteiger partial charge in [-0.1, -0.05) is 24.1 Å². The van der Waals surface area contributed by atoms with Crippen LogP contribution in [-0.2, 0) is 14.3 Å².